The van der Waals surface area contributed by atoms with E-state index in [4.69, 9.17) is 5.14 Å². The van der Waals surface area contributed by atoms with Crippen LogP contribution in [0, 0.1) is 6.92 Å². The van der Waals surface area contributed by atoms with E-state index in [1.54, 1.807) is 12.1 Å². The van der Waals surface area contributed by atoms with Crippen molar-refractivity contribution in [3.63, 3.8) is 0 Å². The van der Waals surface area contributed by atoms with Crippen LogP contribution in [-0.2, 0) is 27.8 Å². The van der Waals surface area contributed by atoms with Gasteiger partial charge in [0.1, 0.15) is 5.65 Å². The third-order valence-corrected chi connectivity index (χ3v) is 5.09. The second-order valence-corrected chi connectivity index (χ2v) is 7.60. The smallest absolute Gasteiger partial charge is 0.238 e. The largest absolute Gasteiger partial charge is 0.352 e. The molecule has 3 N–H and O–H groups in total. The van der Waals surface area contributed by atoms with Gasteiger partial charge in [0.05, 0.1) is 10.6 Å². The molecule has 0 unspecified atom stereocenters. The molecule has 26 heavy (non-hydrogen) atoms. The highest BCUT2D eigenvalue weighted by Gasteiger charge is 2.11. The molecule has 1 aromatic carbocycles. The van der Waals surface area contributed by atoms with Crippen molar-refractivity contribution in [3.8, 4) is 0 Å². The van der Waals surface area contributed by atoms with Crippen LogP contribution in [0.3, 0.4) is 0 Å². The summed E-state index contributed by atoms with van der Waals surface area (Å²) in [5.74, 6) is -0.0780. The van der Waals surface area contributed by atoms with E-state index in [0.717, 1.165) is 22.6 Å². The summed E-state index contributed by atoms with van der Waals surface area (Å²) in [5.41, 5.74) is 3.61. The van der Waals surface area contributed by atoms with Crippen molar-refractivity contribution >= 4 is 21.6 Å². The van der Waals surface area contributed by atoms with Gasteiger partial charge in [0, 0.05) is 24.9 Å². The van der Waals surface area contributed by atoms with Gasteiger partial charge < -0.3 is 9.72 Å². The van der Waals surface area contributed by atoms with Gasteiger partial charge in [0.25, 0.3) is 0 Å². The van der Waals surface area contributed by atoms with Crippen LogP contribution in [0.15, 0.2) is 53.6 Å². The summed E-state index contributed by atoms with van der Waals surface area (Å²) in [7, 11) is -3.70. The number of nitrogens with one attached hydrogen (secondary N) is 1. The number of fused-ring (bicyclic) bond motifs is 1. The second kappa shape index (κ2) is 7.27. The fraction of sp³-hybridized carbons (Fsp3) is 0.222. The zero-order valence-electron chi connectivity index (χ0n) is 14.3. The Kier molecular flexibility index (Phi) is 5.06. The average molecular weight is 372 g/mol. The van der Waals surface area contributed by atoms with Crippen LogP contribution in [0.1, 0.15) is 23.4 Å². The number of nitrogens with two attached hydrogens (primary N) is 1. The molecule has 0 aliphatic rings. The second-order valence-electron chi connectivity index (χ2n) is 6.04. The van der Waals surface area contributed by atoms with E-state index in [1.807, 2.05) is 35.7 Å². The summed E-state index contributed by atoms with van der Waals surface area (Å²) in [6.07, 6.45) is 2.88. The highest BCUT2D eigenvalue weighted by atomic mass is 32.2. The number of pyridine rings is 1. The predicted octanol–water partition coefficient (Wildman–Crippen LogP) is 1.54. The maximum atomic E-state index is 12.1. The summed E-state index contributed by atoms with van der Waals surface area (Å²) in [6.45, 7) is 2.27. The van der Waals surface area contributed by atoms with Crippen molar-refractivity contribution in [1.82, 2.24) is 14.7 Å². The Balaban J connectivity index is 1.57. The standard InChI is InChI=1S/C18H20N4O3S/c1-13-16(22-11-3-2-4-17(22)21-13)9-10-18(23)20-12-14-5-7-15(8-6-14)26(19,24)25/h2-8,11H,9-10,12H2,1H3,(H,20,23)(H2,19,24,25). The number of rotatable bonds is 6. The number of aryl methyl sites for hydroxylation is 2. The fourth-order valence-electron chi connectivity index (χ4n) is 2.78. The van der Waals surface area contributed by atoms with Crippen molar-refractivity contribution in [3.05, 3.63) is 65.6 Å². The quantitative estimate of drug-likeness (QED) is 0.684. The maximum Gasteiger partial charge on any atom is 0.238 e. The number of sulfonamides is 1. The Morgan fingerprint density at radius 1 is 1.19 bits per heavy atom. The summed E-state index contributed by atoms with van der Waals surface area (Å²) in [6, 6.07) is 11.9. The lowest BCUT2D eigenvalue weighted by Crippen LogP contribution is -2.23. The first-order chi connectivity index (χ1) is 12.3. The topological polar surface area (TPSA) is 107 Å². The third kappa shape index (κ3) is 4.09. The molecule has 3 aromatic rings. The molecule has 3 rings (SSSR count). The molecule has 8 heteroatoms. The van der Waals surface area contributed by atoms with Crippen molar-refractivity contribution < 1.29 is 13.2 Å². The molecule has 0 aliphatic carbocycles. The SMILES string of the molecule is Cc1nc2ccccn2c1CCC(=O)NCc1ccc(S(N)(=O)=O)cc1. The van der Waals surface area contributed by atoms with Gasteiger partial charge in [-0.15, -0.1) is 0 Å². The molecule has 0 saturated carbocycles. The zero-order chi connectivity index (χ0) is 18.7. The molecule has 0 bridgehead atoms. The molecule has 2 aromatic heterocycles. The maximum absolute atomic E-state index is 12.1. The van der Waals surface area contributed by atoms with Crippen LogP contribution >= 0.6 is 0 Å². The van der Waals surface area contributed by atoms with Gasteiger partial charge in [-0.2, -0.15) is 0 Å². The van der Waals surface area contributed by atoms with Gasteiger partial charge in [0.2, 0.25) is 15.9 Å². The van der Waals surface area contributed by atoms with E-state index in [1.165, 1.54) is 12.1 Å². The lowest BCUT2D eigenvalue weighted by Gasteiger charge is -2.07. The van der Waals surface area contributed by atoms with E-state index in [9.17, 15) is 13.2 Å². The zero-order valence-corrected chi connectivity index (χ0v) is 15.2. The van der Waals surface area contributed by atoms with Gasteiger partial charge >= 0.3 is 0 Å². The molecule has 136 valence electrons. The van der Waals surface area contributed by atoms with Crippen molar-refractivity contribution in [2.75, 3.05) is 0 Å². The monoisotopic (exact) mass is 372 g/mol. The number of primary sulfonamides is 1. The van der Waals surface area contributed by atoms with Crippen LogP contribution in [-0.4, -0.2) is 23.7 Å². The van der Waals surface area contributed by atoms with Crippen molar-refractivity contribution in [2.45, 2.75) is 31.2 Å². The summed E-state index contributed by atoms with van der Waals surface area (Å²) in [5, 5.41) is 7.90. The molecular weight excluding hydrogens is 352 g/mol. The number of hydrogen-bond donors (Lipinski definition) is 2. The molecule has 0 saturated heterocycles. The number of amides is 1. The van der Waals surface area contributed by atoms with Gasteiger partial charge in [-0.25, -0.2) is 18.5 Å². The third-order valence-electron chi connectivity index (χ3n) is 4.16. The summed E-state index contributed by atoms with van der Waals surface area (Å²) in [4.78, 5) is 16.7. The summed E-state index contributed by atoms with van der Waals surface area (Å²) < 4.78 is 24.5. The highest BCUT2D eigenvalue weighted by molar-refractivity contribution is 7.89. The van der Waals surface area contributed by atoms with Crippen molar-refractivity contribution in [1.29, 1.82) is 0 Å². The molecule has 0 spiro atoms. The first-order valence-corrected chi connectivity index (χ1v) is 9.70. The van der Waals surface area contributed by atoms with E-state index in [0.29, 0.717) is 19.4 Å². The number of aromatic nitrogens is 2. The van der Waals surface area contributed by atoms with Crippen LogP contribution in [0.25, 0.3) is 5.65 Å². The predicted molar refractivity (Wildman–Crippen MR) is 97.9 cm³/mol. The Bertz CT molecular complexity index is 1040. The van der Waals surface area contributed by atoms with E-state index < -0.39 is 10.0 Å². The number of benzene rings is 1. The molecule has 0 fully saturated rings. The van der Waals surface area contributed by atoms with Crippen LogP contribution < -0.4 is 10.5 Å². The van der Waals surface area contributed by atoms with Crippen LogP contribution in [0.2, 0.25) is 0 Å². The summed E-state index contributed by atoms with van der Waals surface area (Å²) >= 11 is 0. The minimum absolute atomic E-state index is 0.0515. The van der Waals surface area contributed by atoms with Crippen LogP contribution in [0.5, 0.6) is 0 Å². The Hall–Kier alpha value is -2.71. The average Bonchev–Trinajstić information content (AvgIpc) is 2.93. The lowest BCUT2D eigenvalue weighted by molar-refractivity contribution is -0.121. The Morgan fingerprint density at radius 2 is 1.92 bits per heavy atom. The van der Waals surface area contributed by atoms with Gasteiger partial charge in [-0.3, -0.25) is 4.79 Å². The van der Waals surface area contributed by atoms with Gasteiger partial charge in [-0.05, 0) is 43.2 Å². The number of hydrogen-bond acceptors (Lipinski definition) is 4. The lowest BCUT2D eigenvalue weighted by atomic mass is 10.2. The van der Waals surface area contributed by atoms with Gasteiger partial charge in [0.15, 0.2) is 0 Å². The van der Waals surface area contributed by atoms with Crippen molar-refractivity contribution in [2.24, 2.45) is 5.14 Å². The number of carbonyl (C=O) groups is 1. The highest BCUT2D eigenvalue weighted by Crippen LogP contribution is 2.14. The van der Waals surface area contributed by atoms with Crippen LogP contribution in [0.4, 0.5) is 0 Å². The molecule has 2 heterocycles. The first-order valence-electron chi connectivity index (χ1n) is 8.15. The minimum atomic E-state index is -3.70. The van der Waals surface area contributed by atoms with Gasteiger partial charge in [-0.1, -0.05) is 18.2 Å². The fourth-order valence-corrected chi connectivity index (χ4v) is 3.30. The molecular formula is C18H20N4O3S. The Labute approximate surface area is 151 Å². The van der Waals surface area contributed by atoms with E-state index in [-0.39, 0.29) is 10.8 Å². The Morgan fingerprint density at radius 3 is 2.62 bits per heavy atom. The van der Waals surface area contributed by atoms with E-state index >= 15 is 0 Å². The molecule has 0 radical (unpaired) electrons. The van der Waals surface area contributed by atoms with E-state index in [2.05, 4.69) is 10.3 Å². The normalized spacial score (nSPS) is 11.6. The molecule has 0 aliphatic heterocycles. The molecule has 0 atom stereocenters. The molecule has 7 nitrogen and oxygen atoms in total. The number of carbonyl (C=O) groups excluding carboxylic acids is 1. The first kappa shape index (κ1) is 18.1. The number of nitrogens with zero attached hydrogens (tertiary/aromatic N) is 2. The molecule has 1 amide bonds. The number of imidazole rings is 1. The minimum Gasteiger partial charge on any atom is -0.352 e.